The van der Waals surface area contributed by atoms with E-state index >= 15 is 0 Å². The Morgan fingerprint density at radius 3 is 0.582 bits per heavy atom. The van der Waals surface area contributed by atoms with Gasteiger partial charge in [0, 0.05) is 101 Å². The average Bonchev–Trinajstić information content (AvgIpc) is 0.808. The number of ether oxygens (including phenoxy) is 2. The van der Waals surface area contributed by atoms with Crippen molar-refractivity contribution in [2.24, 2.45) is 0 Å². The van der Waals surface area contributed by atoms with E-state index in [1.807, 2.05) is 97.1 Å². The summed E-state index contributed by atoms with van der Waals surface area (Å²) in [7, 11) is 0. The second-order valence-electron chi connectivity index (χ2n) is 28.0. The Balaban J connectivity index is 0.000000172. The number of rotatable bonds is 26. The van der Waals surface area contributed by atoms with Crippen molar-refractivity contribution in [2.45, 2.75) is 61.8 Å². The lowest BCUT2D eigenvalue weighted by molar-refractivity contribution is -0.123. The van der Waals surface area contributed by atoms with Gasteiger partial charge in [-0.3, -0.25) is 67.1 Å². The highest BCUT2D eigenvalue weighted by atomic mass is 16.7. The zero-order valence-electron chi connectivity index (χ0n) is 67.8. The van der Waals surface area contributed by atoms with Gasteiger partial charge in [0.2, 0.25) is 18.6 Å². The van der Waals surface area contributed by atoms with Crippen molar-refractivity contribution >= 4 is 127 Å². The van der Waals surface area contributed by atoms with Crippen molar-refractivity contribution in [3.05, 3.63) is 370 Å². The van der Waals surface area contributed by atoms with E-state index in [2.05, 4.69) is 31.9 Å². The first-order valence-corrected chi connectivity index (χ1v) is 38.3. The number of amides is 6. The van der Waals surface area contributed by atoms with Gasteiger partial charge in [0.05, 0.1) is 0 Å². The molecule has 0 fully saturated rings. The summed E-state index contributed by atoms with van der Waals surface area (Å²) in [5.74, 6) is -0.862. The monoisotopic (exact) mass is 1620 g/mol. The second kappa shape index (κ2) is 42.2. The van der Waals surface area contributed by atoms with Gasteiger partial charge in [0.25, 0.3) is 23.6 Å². The molecule has 0 saturated carbocycles. The highest BCUT2D eigenvalue weighted by Crippen LogP contribution is 2.28. The molecule has 0 aromatic heterocycles. The molecule has 13 aromatic rings. The molecule has 0 aliphatic heterocycles. The fourth-order valence-electron chi connectivity index (χ4n) is 11.8. The highest BCUT2D eigenvalue weighted by Gasteiger charge is 2.17. The normalized spacial score (nSPS) is 10.3. The van der Waals surface area contributed by atoms with Crippen molar-refractivity contribution in [3.63, 3.8) is 0 Å². The standard InChI is InChI=1S/C29H24O4.C28H22N2O4.C24H20N2O4.C19H18N2O4/c1-20(30)22-3-7-24(8-4-22)26-11-15-28(16-12-26)32-19-33-29-17-13-27(14-18-29)25-9-5-23(6-10-25)21(2)31;1-17(31)19-7-11-25(12-8-19)29-27(33)23-5-3-22-16-24(6-4-21(22)15-23)28(34)30-26-13-9-20(10-14-26)18(2)32;1-15(27)17-7-11-21(12-8-17)25-23(29)19-3-5-20(6-4-19)24(30)26-22-13-9-18(10-14-22)16(2)28;1-12(22)14-3-7-16(8-4-14)20-18(24)11-19(25)21-17-9-5-15(6-10-17)13(2)23/h3-18H,19H2,1-2H3;3-16H,1-2H3,(H,29,33)(H,30,34);3-14H,1-2H3,(H,25,29)(H,26,30);3-10H,11H2,1-2H3,(H,20,24)(H,21,25). The van der Waals surface area contributed by atoms with Crippen LogP contribution in [0, 0.1) is 0 Å². The smallest absolute Gasteiger partial charge is 0.255 e. The third-order valence-electron chi connectivity index (χ3n) is 18.9. The first-order valence-electron chi connectivity index (χ1n) is 38.3. The molecule has 13 aromatic carbocycles. The van der Waals surface area contributed by atoms with E-state index in [9.17, 15) is 67.1 Å². The third kappa shape index (κ3) is 25.9. The molecule has 0 bridgehead atoms. The number of hydrogen-bond acceptors (Lipinski definition) is 16. The summed E-state index contributed by atoms with van der Waals surface area (Å²) in [6, 6.07) is 86.8. The molecule has 0 aliphatic carbocycles. The molecule has 6 amide bonds. The topological polar surface area (TPSA) is 330 Å². The first kappa shape index (κ1) is 88.3. The molecule has 22 heteroatoms. The number of ketones is 8. The van der Waals surface area contributed by atoms with Gasteiger partial charge >= 0.3 is 0 Å². The maximum Gasteiger partial charge on any atom is 0.255 e. The number of carbonyl (C=O) groups is 14. The van der Waals surface area contributed by atoms with Crippen molar-refractivity contribution in [3.8, 4) is 33.8 Å². The highest BCUT2D eigenvalue weighted by molar-refractivity contribution is 6.12. The van der Waals surface area contributed by atoms with E-state index in [0.717, 1.165) is 33.0 Å². The van der Waals surface area contributed by atoms with Crippen LogP contribution in [0.15, 0.2) is 303 Å². The van der Waals surface area contributed by atoms with E-state index < -0.39 is 11.8 Å². The molecule has 0 atom stereocenters. The molecule has 610 valence electrons. The summed E-state index contributed by atoms with van der Waals surface area (Å²) in [6.45, 7) is 12.1. The molecule has 0 saturated heterocycles. The summed E-state index contributed by atoms with van der Waals surface area (Å²) >= 11 is 0. The number of carbonyl (C=O) groups excluding carboxylic acids is 14. The molecule has 0 radical (unpaired) electrons. The Morgan fingerprint density at radius 2 is 0.369 bits per heavy atom. The van der Waals surface area contributed by atoms with Crippen molar-refractivity contribution in [1.29, 1.82) is 0 Å². The van der Waals surface area contributed by atoms with Crippen molar-refractivity contribution < 1.29 is 76.6 Å². The lowest BCUT2D eigenvalue weighted by Gasteiger charge is -2.10. The van der Waals surface area contributed by atoms with Crippen LogP contribution in [0.25, 0.3) is 33.0 Å². The van der Waals surface area contributed by atoms with Gasteiger partial charge in [0.15, 0.2) is 46.3 Å². The fraction of sp³-hybridized carbons (Fsp3) is 0.100. The maximum absolute atomic E-state index is 12.7. The zero-order chi connectivity index (χ0) is 87.5. The largest absolute Gasteiger partial charge is 0.458 e. The van der Waals surface area contributed by atoms with Crippen LogP contribution in [0.5, 0.6) is 11.5 Å². The summed E-state index contributed by atoms with van der Waals surface area (Å²) in [5, 5.41) is 18.0. The second-order valence-corrected chi connectivity index (χ2v) is 28.0. The van der Waals surface area contributed by atoms with Crippen LogP contribution in [0.2, 0.25) is 0 Å². The average molecular weight is 1630 g/mol. The van der Waals surface area contributed by atoms with Crippen LogP contribution in [0.1, 0.15) is 186 Å². The van der Waals surface area contributed by atoms with Gasteiger partial charge in [-0.05, 0) is 307 Å². The number of fused-ring (bicyclic) bond motifs is 1. The zero-order valence-corrected chi connectivity index (χ0v) is 67.8. The fourth-order valence-corrected chi connectivity index (χ4v) is 11.8. The maximum atomic E-state index is 12.7. The van der Waals surface area contributed by atoms with E-state index in [4.69, 9.17) is 9.47 Å². The molecular weight excluding hydrogens is 1540 g/mol. The van der Waals surface area contributed by atoms with Crippen LogP contribution in [-0.2, 0) is 9.59 Å². The van der Waals surface area contributed by atoms with Crippen molar-refractivity contribution in [2.75, 3.05) is 38.7 Å². The quantitative estimate of drug-likeness (QED) is 0.0167. The van der Waals surface area contributed by atoms with Gasteiger partial charge < -0.3 is 41.4 Å². The van der Waals surface area contributed by atoms with Crippen LogP contribution >= 0.6 is 0 Å². The first-order chi connectivity index (χ1) is 58.5. The van der Waals surface area contributed by atoms with Gasteiger partial charge in [-0.25, -0.2) is 0 Å². The minimum Gasteiger partial charge on any atom is -0.458 e. The summed E-state index contributed by atoms with van der Waals surface area (Å²) in [4.78, 5) is 165. The predicted octanol–water partition coefficient (Wildman–Crippen LogP) is 20.2. The van der Waals surface area contributed by atoms with Gasteiger partial charge in [-0.1, -0.05) is 84.9 Å². The Labute approximate surface area is 703 Å². The molecule has 0 unspecified atom stereocenters. The summed E-state index contributed by atoms with van der Waals surface area (Å²) in [5.41, 5.74) is 14.1. The molecule has 0 aliphatic rings. The minimum atomic E-state index is -0.464. The van der Waals surface area contributed by atoms with Crippen molar-refractivity contribution in [1.82, 2.24) is 0 Å². The molecule has 122 heavy (non-hydrogen) atoms. The van der Waals surface area contributed by atoms with Gasteiger partial charge in [0.1, 0.15) is 17.9 Å². The van der Waals surface area contributed by atoms with E-state index in [0.29, 0.717) is 112 Å². The molecule has 22 nitrogen and oxygen atoms in total. The van der Waals surface area contributed by atoms with Crippen LogP contribution in [0.4, 0.5) is 34.1 Å². The molecule has 13 rings (SSSR count). The number of benzene rings is 13. The van der Waals surface area contributed by atoms with E-state index in [-0.39, 0.29) is 83.1 Å². The number of hydrogen-bond donors (Lipinski definition) is 6. The molecule has 6 N–H and O–H groups in total. The predicted molar refractivity (Wildman–Crippen MR) is 473 cm³/mol. The summed E-state index contributed by atoms with van der Waals surface area (Å²) < 4.78 is 11.4. The Bertz CT molecular complexity index is 5680. The Morgan fingerprint density at radius 1 is 0.197 bits per heavy atom. The number of Topliss-reactive ketones (excluding diaryl/α,β-unsaturated/α-hetero) is 8. The van der Waals surface area contributed by atoms with Gasteiger partial charge in [-0.2, -0.15) is 0 Å². The lowest BCUT2D eigenvalue weighted by Crippen LogP contribution is -2.21. The van der Waals surface area contributed by atoms with Crippen LogP contribution in [0.3, 0.4) is 0 Å². The molecular formula is C100H84N6O16. The number of nitrogens with one attached hydrogen (secondary N) is 6. The Hall–Kier alpha value is -16.1. The summed E-state index contributed by atoms with van der Waals surface area (Å²) in [6.07, 6.45) is -0.344. The SMILES string of the molecule is CC(=O)c1ccc(-c2ccc(OCOc3ccc(-c4ccc(C(C)=O)cc4)cc3)cc2)cc1.CC(=O)c1ccc(NC(=O)CC(=O)Nc2ccc(C(C)=O)cc2)cc1.CC(=O)c1ccc(NC(=O)c2ccc(C(=O)Nc3ccc(C(C)=O)cc3)cc2)cc1.CC(=O)c1ccc(NC(=O)c2ccc3cc(C(=O)Nc4ccc(C(C)=O)cc4)ccc3c2)cc1. The molecule has 0 heterocycles. The number of anilines is 6. The lowest BCUT2D eigenvalue weighted by atomic mass is 10.0. The van der Waals surface area contributed by atoms with E-state index in [1.165, 1.54) is 41.5 Å². The van der Waals surface area contributed by atoms with Gasteiger partial charge in [-0.15, -0.1) is 0 Å². The minimum absolute atomic E-state index is 0.0358. The third-order valence-corrected chi connectivity index (χ3v) is 18.9. The van der Waals surface area contributed by atoms with Crippen LogP contribution in [-0.4, -0.2) is 88.5 Å². The Kier molecular flexibility index (Phi) is 30.5. The van der Waals surface area contributed by atoms with E-state index in [1.54, 1.807) is 220 Å². The molecule has 0 spiro atoms. The van der Waals surface area contributed by atoms with Crippen LogP contribution < -0.4 is 41.4 Å².